The van der Waals surface area contributed by atoms with Crippen molar-refractivity contribution in [1.29, 1.82) is 0 Å². The maximum atomic E-state index is 12.9. The number of carbonyl (C=O) groups excluding carboxylic acids is 3. The molecule has 6 heteroatoms. The molecule has 1 spiro atoms. The Balaban J connectivity index is 2.10. The highest BCUT2D eigenvalue weighted by molar-refractivity contribution is 6.09. The van der Waals surface area contributed by atoms with E-state index in [2.05, 4.69) is 31.4 Å². The van der Waals surface area contributed by atoms with Gasteiger partial charge in [-0.3, -0.25) is 14.5 Å². The molecule has 2 aliphatic rings. The van der Waals surface area contributed by atoms with E-state index in [-0.39, 0.29) is 29.8 Å². The minimum absolute atomic E-state index is 0.00556. The molecule has 1 aliphatic heterocycles. The molecular weight excluding hydrogens is 306 g/mol. The van der Waals surface area contributed by atoms with Crippen molar-refractivity contribution in [2.24, 2.45) is 11.3 Å². The quantitative estimate of drug-likeness (QED) is 0.756. The van der Waals surface area contributed by atoms with Crippen molar-refractivity contribution in [3.63, 3.8) is 0 Å². The van der Waals surface area contributed by atoms with Crippen LogP contribution in [0.3, 0.4) is 0 Å². The van der Waals surface area contributed by atoms with Crippen LogP contribution in [0, 0.1) is 11.3 Å². The average molecular weight is 337 g/mol. The van der Waals surface area contributed by atoms with Crippen LogP contribution < -0.4 is 10.6 Å². The molecule has 0 bridgehead atoms. The molecule has 0 unspecified atom stereocenters. The third kappa shape index (κ3) is 3.73. The van der Waals surface area contributed by atoms with Crippen LogP contribution in [0.25, 0.3) is 0 Å². The van der Waals surface area contributed by atoms with Gasteiger partial charge in [-0.1, -0.05) is 34.6 Å². The van der Waals surface area contributed by atoms with Gasteiger partial charge in [-0.15, -0.1) is 0 Å². The Morgan fingerprint density at radius 2 is 1.92 bits per heavy atom. The van der Waals surface area contributed by atoms with E-state index in [1.165, 1.54) is 0 Å². The van der Waals surface area contributed by atoms with E-state index in [1.807, 2.05) is 13.8 Å². The van der Waals surface area contributed by atoms with Gasteiger partial charge in [0.05, 0.1) is 0 Å². The molecule has 6 nitrogen and oxygen atoms in total. The van der Waals surface area contributed by atoms with Crippen LogP contribution in [-0.2, 0) is 9.59 Å². The second-order valence-electron chi connectivity index (χ2n) is 8.34. The Hall–Kier alpha value is -1.59. The van der Waals surface area contributed by atoms with Gasteiger partial charge >= 0.3 is 6.03 Å². The Kier molecular flexibility index (Phi) is 5.25. The molecule has 0 radical (unpaired) electrons. The summed E-state index contributed by atoms with van der Waals surface area (Å²) in [5.74, 6) is -0.157. The van der Waals surface area contributed by atoms with Crippen LogP contribution in [0.5, 0.6) is 0 Å². The molecule has 2 N–H and O–H groups in total. The third-order valence-electron chi connectivity index (χ3n) is 5.28. The zero-order valence-corrected chi connectivity index (χ0v) is 15.6. The highest BCUT2D eigenvalue weighted by atomic mass is 16.2. The van der Waals surface area contributed by atoms with Crippen LogP contribution in [0.15, 0.2) is 0 Å². The number of hydrogen-bond acceptors (Lipinski definition) is 3. The Morgan fingerprint density at radius 3 is 2.46 bits per heavy atom. The fraction of sp³-hybridized carbons (Fsp3) is 0.833. The number of imide groups is 1. The largest absolute Gasteiger partial charge is 0.352 e. The van der Waals surface area contributed by atoms with Crippen molar-refractivity contribution in [1.82, 2.24) is 15.5 Å². The summed E-state index contributed by atoms with van der Waals surface area (Å²) in [4.78, 5) is 38.6. The van der Waals surface area contributed by atoms with E-state index in [0.717, 1.165) is 24.2 Å². The maximum Gasteiger partial charge on any atom is 0.325 e. The molecule has 1 saturated carbocycles. The van der Waals surface area contributed by atoms with Gasteiger partial charge in [-0.05, 0) is 43.4 Å². The van der Waals surface area contributed by atoms with Gasteiger partial charge in [-0.2, -0.15) is 0 Å². The van der Waals surface area contributed by atoms with Gasteiger partial charge in [-0.25, -0.2) is 4.79 Å². The van der Waals surface area contributed by atoms with Gasteiger partial charge in [0, 0.05) is 6.04 Å². The van der Waals surface area contributed by atoms with Gasteiger partial charge in [0.1, 0.15) is 12.1 Å². The molecule has 1 heterocycles. The van der Waals surface area contributed by atoms with Crippen LogP contribution >= 0.6 is 0 Å². The van der Waals surface area contributed by atoms with Gasteiger partial charge in [0.25, 0.3) is 5.91 Å². The summed E-state index contributed by atoms with van der Waals surface area (Å²) in [6.07, 6.45) is 3.97. The van der Waals surface area contributed by atoms with E-state index >= 15 is 0 Å². The highest BCUT2D eigenvalue weighted by Gasteiger charge is 2.56. The topological polar surface area (TPSA) is 78.5 Å². The number of nitrogens with zero attached hydrogens (tertiary/aromatic N) is 1. The standard InChI is InChI=1S/C18H31N3O3/c1-6-13(7-2)19-14(22)10-21-15(23)18(20-16(21)24)9-12(3)8-17(4,5)11-18/h12-13H,6-11H2,1-5H3,(H,19,22)(H,20,24)/t12-,18-/m0/s1. The molecule has 0 aromatic rings. The van der Waals surface area contributed by atoms with Crippen molar-refractivity contribution in [3.05, 3.63) is 0 Å². The molecule has 0 aromatic heterocycles. The molecule has 1 saturated heterocycles. The maximum absolute atomic E-state index is 12.9. The number of rotatable bonds is 5. The first-order chi connectivity index (χ1) is 11.1. The number of carbonyl (C=O) groups is 3. The Bertz CT molecular complexity index is 528. The van der Waals surface area contributed by atoms with Gasteiger partial charge in [0.15, 0.2) is 0 Å². The summed E-state index contributed by atoms with van der Waals surface area (Å²) >= 11 is 0. The van der Waals surface area contributed by atoms with Crippen molar-refractivity contribution in [3.8, 4) is 0 Å². The number of nitrogens with one attached hydrogen (secondary N) is 2. The Labute approximate surface area is 144 Å². The molecule has 24 heavy (non-hydrogen) atoms. The molecule has 2 fully saturated rings. The molecule has 136 valence electrons. The third-order valence-corrected chi connectivity index (χ3v) is 5.28. The van der Waals surface area contributed by atoms with Crippen LogP contribution in [-0.4, -0.2) is 40.9 Å². The lowest BCUT2D eigenvalue weighted by atomic mass is 9.64. The van der Waals surface area contributed by atoms with Gasteiger partial charge < -0.3 is 10.6 Å². The van der Waals surface area contributed by atoms with Crippen molar-refractivity contribution in [2.45, 2.75) is 78.3 Å². The first kappa shape index (κ1) is 18.7. The normalized spacial score (nSPS) is 29.2. The Morgan fingerprint density at radius 1 is 1.29 bits per heavy atom. The monoisotopic (exact) mass is 337 g/mol. The number of hydrogen-bond donors (Lipinski definition) is 2. The second-order valence-corrected chi connectivity index (χ2v) is 8.34. The first-order valence-corrected chi connectivity index (χ1v) is 9.06. The fourth-order valence-corrected chi connectivity index (χ4v) is 4.56. The zero-order chi connectivity index (χ0) is 18.1. The summed E-state index contributed by atoms with van der Waals surface area (Å²) in [6.45, 7) is 10.2. The van der Waals surface area contributed by atoms with Crippen LogP contribution in [0.1, 0.15) is 66.7 Å². The van der Waals surface area contributed by atoms with E-state index in [1.54, 1.807) is 0 Å². The zero-order valence-electron chi connectivity index (χ0n) is 15.6. The lowest BCUT2D eigenvalue weighted by Crippen LogP contribution is -2.54. The minimum atomic E-state index is -0.840. The van der Waals surface area contributed by atoms with Crippen molar-refractivity contribution < 1.29 is 14.4 Å². The minimum Gasteiger partial charge on any atom is -0.352 e. The van der Waals surface area contributed by atoms with E-state index < -0.39 is 11.6 Å². The van der Waals surface area contributed by atoms with Crippen LogP contribution in [0.2, 0.25) is 0 Å². The predicted molar refractivity (Wildman–Crippen MR) is 92.3 cm³/mol. The fourth-order valence-electron chi connectivity index (χ4n) is 4.56. The van der Waals surface area contributed by atoms with Crippen molar-refractivity contribution >= 4 is 17.8 Å². The van der Waals surface area contributed by atoms with E-state index in [0.29, 0.717) is 18.8 Å². The smallest absolute Gasteiger partial charge is 0.325 e. The molecule has 4 amide bonds. The van der Waals surface area contributed by atoms with E-state index in [4.69, 9.17) is 0 Å². The molecular formula is C18H31N3O3. The van der Waals surface area contributed by atoms with Gasteiger partial charge in [0.2, 0.25) is 5.91 Å². The lowest BCUT2D eigenvalue weighted by molar-refractivity contribution is -0.137. The lowest BCUT2D eigenvalue weighted by Gasteiger charge is -2.43. The second kappa shape index (κ2) is 6.73. The van der Waals surface area contributed by atoms with Crippen LogP contribution in [0.4, 0.5) is 4.79 Å². The number of amides is 4. The molecule has 1 aliphatic carbocycles. The highest BCUT2D eigenvalue weighted by Crippen LogP contribution is 2.46. The summed E-state index contributed by atoms with van der Waals surface area (Å²) < 4.78 is 0. The summed E-state index contributed by atoms with van der Waals surface area (Å²) in [6, 6.07) is -0.356. The summed E-state index contributed by atoms with van der Waals surface area (Å²) in [5.41, 5.74) is -0.845. The summed E-state index contributed by atoms with van der Waals surface area (Å²) in [7, 11) is 0. The van der Waals surface area contributed by atoms with E-state index in [9.17, 15) is 14.4 Å². The van der Waals surface area contributed by atoms with Crippen molar-refractivity contribution in [2.75, 3.05) is 6.54 Å². The average Bonchev–Trinajstić information content (AvgIpc) is 2.66. The predicted octanol–water partition coefficient (Wildman–Crippen LogP) is 2.43. The summed E-state index contributed by atoms with van der Waals surface area (Å²) in [5, 5.41) is 5.79. The molecule has 0 aromatic carbocycles. The number of urea groups is 1. The first-order valence-electron chi connectivity index (χ1n) is 9.06. The molecule has 2 rings (SSSR count). The SMILES string of the molecule is CCC(CC)NC(=O)CN1C(=O)N[C@]2(C[C@@H](C)CC(C)(C)C2)C1=O. The molecule has 2 atom stereocenters.